The summed E-state index contributed by atoms with van der Waals surface area (Å²) in [5.74, 6) is -0.0602. The number of carbonyl (C=O) groups excluding carboxylic acids is 1. The number of nitriles is 1. The highest BCUT2D eigenvalue weighted by Gasteiger charge is 2.36. The van der Waals surface area contributed by atoms with E-state index in [2.05, 4.69) is 10.6 Å². The molecule has 0 radical (unpaired) electrons. The first-order valence-electron chi connectivity index (χ1n) is 9.49. The summed E-state index contributed by atoms with van der Waals surface area (Å²) in [5.41, 5.74) is -3.66. The third kappa shape index (κ3) is 6.57. The summed E-state index contributed by atoms with van der Waals surface area (Å²) in [5, 5.41) is 13.9. The van der Waals surface area contributed by atoms with Crippen molar-refractivity contribution in [1.82, 2.24) is 5.32 Å². The zero-order chi connectivity index (χ0) is 25.7. The van der Waals surface area contributed by atoms with Gasteiger partial charge in [0.1, 0.15) is 11.6 Å². The van der Waals surface area contributed by atoms with Crippen LogP contribution in [0.5, 0.6) is 11.5 Å². The number of anilines is 1. The Morgan fingerprint density at radius 3 is 2.00 bits per heavy atom. The van der Waals surface area contributed by atoms with Gasteiger partial charge in [0, 0.05) is 11.9 Å². The van der Waals surface area contributed by atoms with Gasteiger partial charge < -0.3 is 20.1 Å². The number of alkyl halides is 6. The van der Waals surface area contributed by atoms with Crippen LogP contribution in [0.25, 0.3) is 0 Å². The fourth-order valence-electron chi connectivity index (χ4n) is 2.82. The summed E-state index contributed by atoms with van der Waals surface area (Å²) in [6.45, 7) is 1.60. The van der Waals surface area contributed by atoms with E-state index in [1.165, 1.54) is 14.2 Å². The summed E-state index contributed by atoms with van der Waals surface area (Å²) in [6, 6.07) is 6.61. The number of nitrogens with one attached hydrogen (secondary N) is 2. The van der Waals surface area contributed by atoms with E-state index in [-0.39, 0.29) is 6.07 Å². The van der Waals surface area contributed by atoms with Gasteiger partial charge in [0.05, 0.1) is 31.4 Å². The second kappa shape index (κ2) is 10.4. The molecule has 2 rings (SSSR count). The number of amides is 1. The first kappa shape index (κ1) is 26.4. The lowest BCUT2D eigenvalue weighted by atomic mass is 10.1. The van der Waals surface area contributed by atoms with Gasteiger partial charge in [-0.2, -0.15) is 31.6 Å². The van der Waals surface area contributed by atoms with Gasteiger partial charge in [0.15, 0.2) is 11.5 Å². The number of benzene rings is 2. The average Bonchev–Trinajstić information content (AvgIpc) is 2.77. The predicted octanol–water partition coefficient (Wildman–Crippen LogP) is 5.44. The fourth-order valence-corrected chi connectivity index (χ4v) is 2.82. The molecule has 2 N–H and O–H groups in total. The van der Waals surface area contributed by atoms with Gasteiger partial charge in [-0.3, -0.25) is 4.79 Å². The molecule has 0 saturated heterocycles. The minimum Gasteiger partial charge on any atom is -0.493 e. The number of ether oxygens (including phenoxy) is 2. The molecule has 6 nitrogen and oxygen atoms in total. The zero-order valence-corrected chi connectivity index (χ0v) is 18.1. The Labute approximate surface area is 190 Å². The van der Waals surface area contributed by atoms with E-state index in [4.69, 9.17) is 9.47 Å². The van der Waals surface area contributed by atoms with Gasteiger partial charge in [-0.05, 0) is 42.8 Å². The van der Waals surface area contributed by atoms with Crippen LogP contribution in [0.15, 0.2) is 48.2 Å². The number of methoxy groups -OCH3 is 2. The van der Waals surface area contributed by atoms with Crippen molar-refractivity contribution in [3.8, 4) is 17.6 Å². The Morgan fingerprint density at radius 1 is 0.971 bits per heavy atom. The van der Waals surface area contributed by atoms with Crippen LogP contribution in [-0.2, 0) is 17.1 Å². The normalized spacial score (nSPS) is 13.0. The molecule has 0 saturated carbocycles. The second-order valence-corrected chi connectivity index (χ2v) is 6.92. The Morgan fingerprint density at radius 2 is 1.53 bits per heavy atom. The maximum Gasteiger partial charge on any atom is 0.416 e. The Kier molecular flexibility index (Phi) is 8.04. The highest BCUT2D eigenvalue weighted by atomic mass is 19.4. The standard InChI is InChI=1S/C22H19F6N3O3/c1-12(13-4-5-18(33-2)19(6-13)34-3)31-20(32)14(10-29)11-30-17-8-15(21(23,24)25)7-16(9-17)22(26,27)28/h4-9,11-12,30H,1-3H3,(H,31,32)/b14-11-. The van der Waals surface area contributed by atoms with Crippen molar-refractivity contribution < 1.29 is 40.6 Å². The lowest BCUT2D eigenvalue weighted by molar-refractivity contribution is -0.143. The fraction of sp³-hybridized carbons (Fsp3) is 0.273. The summed E-state index contributed by atoms with van der Waals surface area (Å²) in [4.78, 5) is 12.5. The van der Waals surface area contributed by atoms with Crippen LogP contribution in [0.4, 0.5) is 32.0 Å². The molecule has 182 valence electrons. The molecular weight excluding hydrogens is 468 g/mol. The van der Waals surface area contributed by atoms with Gasteiger partial charge >= 0.3 is 12.4 Å². The Bertz CT molecular complexity index is 1090. The van der Waals surface area contributed by atoms with Crippen LogP contribution in [0.3, 0.4) is 0 Å². The maximum atomic E-state index is 13.0. The first-order valence-corrected chi connectivity index (χ1v) is 9.49. The molecule has 34 heavy (non-hydrogen) atoms. The smallest absolute Gasteiger partial charge is 0.416 e. The van der Waals surface area contributed by atoms with Crippen molar-refractivity contribution >= 4 is 11.6 Å². The third-order valence-electron chi connectivity index (χ3n) is 4.59. The molecule has 0 aromatic heterocycles. The molecule has 0 spiro atoms. The molecule has 0 aliphatic carbocycles. The third-order valence-corrected chi connectivity index (χ3v) is 4.59. The van der Waals surface area contributed by atoms with Crippen LogP contribution < -0.4 is 20.1 Å². The zero-order valence-electron chi connectivity index (χ0n) is 18.1. The summed E-state index contributed by atoms with van der Waals surface area (Å²) >= 11 is 0. The highest BCUT2D eigenvalue weighted by molar-refractivity contribution is 5.97. The molecule has 0 bridgehead atoms. The van der Waals surface area contributed by atoms with E-state index in [1.54, 1.807) is 31.2 Å². The lowest BCUT2D eigenvalue weighted by Crippen LogP contribution is -2.28. The summed E-state index contributed by atoms with van der Waals surface area (Å²) < 4.78 is 88.3. The average molecular weight is 487 g/mol. The van der Waals surface area contributed by atoms with Gasteiger partial charge in [0.25, 0.3) is 5.91 Å². The Balaban J connectivity index is 2.25. The van der Waals surface area contributed by atoms with E-state index in [0.29, 0.717) is 29.2 Å². The quantitative estimate of drug-likeness (QED) is 0.309. The molecule has 0 aliphatic rings. The molecule has 12 heteroatoms. The monoisotopic (exact) mass is 487 g/mol. The van der Waals surface area contributed by atoms with Crippen LogP contribution in [0.2, 0.25) is 0 Å². The number of hydrogen-bond acceptors (Lipinski definition) is 5. The van der Waals surface area contributed by atoms with Gasteiger partial charge in [0.2, 0.25) is 0 Å². The maximum absolute atomic E-state index is 13.0. The van der Waals surface area contributed by atoms with Crippen LogP contribution >= 0.6 is 0 Å². The van der Waals surface area contributed by atoms with Crippen molar-refractivity contribution in [2.24, 2.45) is 0 Å². The number of hydrogen-bond donors (Lipinski definition) is 2. The van der Waals surface area contributed by atoms with E-state index < -0.39 is 46.7 Å². The molecule has 0 aliphatic heterocycles. The first-order chi connectivity index (χ1) is 15.8. The van der Waals surface area contributed by atoms with Crippen LogP contribution in [0, 0.1) is 11.3 Å². The van der Waals surface area contributed by atoms with Gasteiger partial charge in [-0.25, -0.2) is 0 Å². The SMILES string of the molecule is COc1ccc(C(C)NC(=O)/C(C#N)=C\Nc2cc(C(F)(F)F)cc(C(F)(F)F)c2)cc1OC. The van der Waals surface area contributed by atoms with Crippen molar-refractivity contribution in [3.63, 3.8) is 0 Å². The van der Waals surface area contributed by atoms with E-state index in [9.17, 15) is 36.4 Å². The molecule has 2 aromatic carbocycles. The second-order valence-electron chi connectivity index (χ2n) is 6.92. The van der Waals surface area contributed by atoms with Crippen LogP contribution in [-0.4, -0.2) is 20.1 Å². The Hall–Kier alpha value is -3.88. The molecule has 1 amide bonds. The molecule has 1 unspecified atom stereocenters. The van der Waals surface area contributed by atoms with E-state index in [0.717, 1.165) is 6.20 Å². The minimum absolute atomic E-state index is 0.0301. The number of nitrogens with zero attached hydrogens (tertiary/aromatic N) is 1. The number of halogens is 6. The summed E-state index contributed by atoms with van der Waals surface area (Å²) in [7, 11) is 2.87. The molecule has 0 heterocycles. The van der Waals surface area contributed by atoms with Crippen LogP contribution in [0.1, 0.15) is 29.7 Å². The topological polar surface area (TPSA) is 83.4 Å². The largest absolute Gasteiger partial charge is 0.493 e. The van der Waals surface area contributed by atoms with Gasteiger partial charge in [-0.15, -0.1) is 0 Å². The van der Waals surface area contributed by atoms with Crippen molar-refractivity contribution in [2.45, 2.75) is 25.3 Å². The molecule has 2 aromatic rings. The van der Waals surface area contributed by atoms with E-state index in [1.807, 2.05) is 0 Å². The highest BCUT2D eigenvalue weighted by Crippen LogP contribution is 2.37. The summed E-state index contributed by atoms with van der Waals surface area (Å²) in [6.07, 6.45) is -9.34. The van der Waals surface area contributed by atoms with Gasteiger partial charge in [-0.1, -0.05) is 6.07 Å². The molecule has 1 atom stereocenters. The molecular formula is C22H19F6N3O3. The number of carbonyl (C=O) groups is 1. The van der Waals surface area contributed by atoms with Crippen molar-refractivity contribution in [1.29, 1.82) is 5.26 Å². The van der Waals surface area contributed by atoms with Crippen molar-refractivity contribution in [2.75, 3.05) is 19.5 Å². The number of rotatable bonds is 7. The van der Waals surface area contributed by atoms with Crippen molar-refractivity contribution in [3.05, 3.63) is 64.9 Å². The lowest BCUT2D eigenvalue weighted by Gasteiger charge is -2.16. The minimum atomic E-state index is -5.04. The predicted molar refractivity (Wildman–Crippen MR) is 110 cm³/mol. The van der Waals surface area contributed by atoms with E-state index >= 15 is 0 Å². The molecule has 0 fully saturated rings.